The third-order valence-electron chi connectivity index (χ3n) is 3.99. The van der Waals surface area contributed by atoms with Gasteiger partial charge in [0.05, 0.1) is 22.7 Å². The molecular formula is C18H11ClF3N5O2S. The van der Waals surface area contributed by atoms with Crippen LogP contribution in [0.3, 0.4) is 0 Å². The maximum Gasteiger partial charge on any atom is 0.433 e. The first kappa shape index (κ1) is 20.1. The molecule has 4 rings (SSSR count). The summed E-state index contributed by atoms with van der Waals surface area (Å²) in [6, 6.07) is 8.70. The monoisotopic (exact) mass is 453 g/mol. The van der Waals surface area contributed by atoms with E-state index in [9.17, 15) is 18.0 Å². The van der Waals surface area contributed by atoms with Crippen LogP contribution in [0.25, 0.3) is 16.3 Å². The maximum absolute atomic E-state index is 13.6. The van der Waals surface area contributed by atoms with Crippen molar-refractivity contribution < 1.29 is 22.7 Å². The number of aromatic nitrogens is 4. The van der Waals surface area contributed by atoms with Crippen LogP contribution in [0.4, 0.5) is 18.9 Å². The molecule has 0 aliphatic heterocycles. The van der Waals surface area contributed by atoms with Gasteiger partial charge >= 0.3 is 6.18 Å². The van der Waals surface area contributed by atoms with E-state index in [0.29, 0.717) is 20.8 Å². The standard InChI is InChI=1S/C18H11ClF3N5O2S/c1-29-12-5-4-9(7-10(12)19)23-16(28)15-25-17-24-11(13-3-2-6-30-13)8-14(18(20,21)22)27(17)26-15/h2-8H,1H3,(H,23,28). The summed E-state index contributed by atoms with van der Waals surface area (Å²) in [4.78, 5) is 21.0. The van der Waals surface area contributed by atoms with E-state index in [-0.39, 0.29) is 16.5 Å². The molecule has 0 saturated carbocycles. The molecule has 0 saturated heterocycles. The van der Waals surface area contributed by atoms with E-state index in [1.807, 2.05) is 0 Å². The lowest BCUT2D eigenvalue weighted by Gasteiger charge is -2.09. The van der Waals surface area contributed by atoms with Crippen LogP contribution in [0, 0.1) is 0 Å². The van der Waals surface area contributed by atoms with E-state index in [1.165, 1.54) is 36.6 Å². The Morgan fingerprint density at radius 1 is 1.23 bits per heavy atom. The van der Waals surface area contributed by atoms with Crippen molar-refractivity contribution >= 4 is 40.3 Å². The van der Waals surface area contributed by atoms with Gasteiger partial charge in [-0.25, -0.2) is 4.98 Å². The highest BCUT2D eigenvalue weighted by molar-refractivity contribution is 7.13. The third kappa shape index (κ3) is 3.81. The Kier molecular flexibility index (Phi) is 5.08. The van der Waals surface area contributed by atoms with Crippen LogP contribution in [0.2, 0.25) is 5.02 Å². The van der Waals surface area contributed by atoms with Crippen LogP contribution in [-0.4, -0.2) is 32.6 Å². The van der Waals surface area contributed by atoms with E-state index in [2.05, 4.69) is 20.4 Å². The van der Waals surface area contributed by atoms with E-state index >= 15 is 0 Å². The summed E-state index contributed by atoms with van der Waals surface area (Å²) in [5, 5.41) is 8.17. The quantitative estimate of drug-likeness (QED) is 0.480. The number of hydrogen-bond acceptors (Lipinski definition) is 6. The van der Waals surface area contributed by atoms with Gasteiger partial charge in [-0.05, 0) is 35.7 Å². The summed E-state index contributed by atoms with van der Waals surface area (Å²) in [6.45, 7) is 0. The lowest BCUT2D eigenvalue weighted by atomic mass is 10.3. The molecule has 0 aliphatic carbocycles. The minimum Gasteiger partial charge on any atom is -0.495 e. The third-order valence-corrected chi connectivity index (χ3v) is 5.18. The molecule has 0 aliphatic rings. The second-order valence-corrected chi connectivity index (χ2v) is 7.31. The summed E-state index contributed by atoms with van der Waals surface area (Å²) in [5.41, 5.74) is -0.700. The molecular weight excluding hydrogens is 443 g/mol. The van der Waals surface area contributed by atoms with E-state index in [1.54, 1.807) is 17.5 Å². The fourth-order valence-corrected chi connectivity index (χ4v) is 3.59. The number of methoxy groups -OCH3 is 1. The molecule has 4 aromatic rings. The van der Waals surface area contributed by atoms with Gasteiger partial charge in [0.2, 0.25) is 5.82 Å². The summed E-state index contributed by atoms with van der Waals surface area (Å²) >= 11 is 7.25. The molecule has 1 aromatic carbocycles. The lowest BCUT2D eigenvalue weighted by molar-refractivity contribution is -0.142. The van der Waals surface area contributed by atoms with Gasteiger partial charge in [-0.2, -0.15) is 22.7 Å². The number of anilines is 1. The Labute approximate surface area is 176 Å². The second kappa shape index (κ2) is 7.58. The Hall–Kier alpha value is -3.18. The highest BCUT2D eigenvalue weighted by Gasteiger charge is 2.36. The van der Waals surface area contributed by atoms with Crippen molar-refractivity contribution in [3.8, 4) is 16.3 Å². The largest absolute Gasteiger partial charge is 0.495 e. The molecule has 3 aromatic heterocycles. The number of carbonyl (C=O) groups is 1. The fraction of sp³-hybridized carbons (Fsp3) is 0.111. The normalized spacial score (nSPS) is 11.6. The van der Waals surface area contributed by atoms with Gasteiger partial charge in [-0.3, -0.25) is 4.79 Å². The minimum atomic E-state index is -4.72. The first-order valence-electron chi connectivity index (χ1n) is 8.30. The molecule has 0 atom stereocenters. The topological polar surface area (TPSA) is 81.4 Å². The number of alkyl halides is 3. The average Bonchev–Trinajstić information content (AvgIpc) is 3.36. The number of fused-ring (bicyclic) bond motifs is 1. The van der Waals surface area contributed by atoms with Gasteiger partial charge in [0, 0.05) is 5.69 Å². The van der Waals surface area contributed by atoms with Gasteiger partial charge in [-0.15, -0.1) is 16.4 Å². The Balaban J connectivity index is 1.73. The molecule has 1 N–H and O–H groups in total. The predicted molar refractivity (Wildman–Crippen MR) is 105 cm³/mol. The smallest absolute Gasteiger partial charge is 0.433 e. The van der Waals surface area contributed by atoms with Crippen molar-refractivity contribution in [2.45, 2.75) is 6.18 Å². The molecule has 154 valence electrons. The summed E-state index contributed by atoms with van der Waals surface area (Å²) < 4.78 is 46.3. The summed E-state index contributed by atoms with van der Waals surface area (Å²) in [5.74, 6) is -1.22. The molecule has 12 heteroatoms. The number of rotatable bonds is 4. The van der Waals surface area contributed by atoms with Crippen LogP contribution < -0.4 is 10.1 Å². The lowest BCUT2D eigenvalue weighted by Crippen LogP contribution is -2.16. The highest BCUT2D eigenvalue weighted by Crippen LogP contribution is 2.33. The van der Waals surface area contributed by atoms with Gasteiger partial charge in [0.1, 0.15) is 5.75 Å². The molecule has 30 heavy (non-hydrogen) atoms. The predicted octanol–water partition coefficient (Wildman–Crippen LogP) is 4.79. The second-order valence-electron chi connectivity index (χ2n) is 5.95. The van der Waals surface area contributed by atoms with Crippen LogP contribution in [0.15, 0.2) is 41.8 Å². The zero-order valence-corrected chi connectivity index (χ0v) is 16.6. The van der Waals surface area contributed by atoms with Crippen LogP contribution in [0.1, 0.15) is 16.3 Å². The number of hydrogen-bond donors (Lipinski definition) is 1. The van der Waals surface area contributed by atoms with Gasteiger partial charge < -0.3 is 10.1 Å². The van der Waals surface area contributed by atoms with Crippen molar-refractivity contribution in [3.05, 3.63) is 58.3 Å². The number of ether oxygens (including phenoxy) is 1. The minimum absolute atomic E-state index is 0.0890. The summed E-state index contributed by atoms with van der Waals surface area (Å²) in [6.07, 6.45) is -4.72. The fourth-order valence-electron chi connectivity index (χ4n) is 2.65. The Morgan fingerprint density at radius 2 is 2.03 bits per heavy atom. The highest BCUT2D eigenvalue weighted by atomic mass is 35.5. The SMILES string of the molecule is COc1ccc(NC(=O)c2nc3nc(-c4cccs4)cc(C(F)(F)F)n3n2)cc1Cl. The first-order chi connectivity index (χ1) is 14.3. The molecule has 0 bridgehead atoms. The van der Waals surface area contributed by atoms with Crippen molar-refractivity contribution in [2.24, 2.45) is 0 Å². The van der Waals surface area contributed by atoms with Crippen molar-refractivity contribution in [1.82, 2.24) is 19.6 Å². The van der Waals surface area contributed by atoms with E-state index in [0.717, 1.165) is 6.07 Å². The van der Waals surface area contributed by atoms with Crippen LogP contribution in [-0.2, 0) is 6.18 Å². The zero-order valence-electron chi connectivity index (χ0n) is 15.1. The molecule has 7 nitrogen and oxygen atoms in total. The molecule has 0 spiro atoms. The number of nitrogens with zero attached hydrogens (tertiary/aromatic N) is 4. The molecule has 1 amide bonds. The van der Waals surface area contributed by atoms with Gasteiger partial charge in [0.25, 0.3) is 11.7 Å². The number of thiophene rings is 1. The van der Waals surface area contributed by atoms with Crippen molar-refractivity contribution in [2.75, 3.05) is 12.4 Å². The molecule has 0 radical (unpaired) electrons. The van der Waals surface area contributed by atoms with Crippen molar-refractivity contribution in [1.29, 1.82) is 0 Å². The van der Waals surface area contributed by atoms with E-state index < -0.39 is 23.6 Å². The Morgan fingerprint density at radius 3 is 2.67 bits per heavy atom. The average molecular weight is 454 g/mol. The molecule has 0 unspecified atom stereocenters. The Bertz CT molecular complexity index is 1240. The summed E-state index contributed by atoms with van der Waals surface area (Å²) in [7, 11) is 1.44. The van der Waals surface area contributed by atoms with Crippen LogP contribution in [0.5, 0.6) is 5.75 Å². The van der Waals surface area contributed by atoms with Gasteiger partial charge in [0.15, 0.2) is 5.69 Å². The molecule has 0 fully saturated rings. The number of carbonyl (C=O) groups excluding carboxylic acids is 1. The maximum atomic E-state index is 13.6. The molecule has 3 heterocycles. The zero-order chi connectivity index (χ0) is 21.5. The number of nitrogens with one attached hydrogen (secondary N) is 1. The van der Waals surface area contributed by atoms with Crippen molar-refractivity contribution in [3.63, 3.8) is 0 Å². The first-order valence-corrected chi connectivity index (χ1v) is 9.56. The van der Waals surface area contributed by atoms with Gasteiger partial charge in [-0.1, -0.05) is 17.7 Å². The van der Waals surface area contributed by atoms with Crippen LogP contribution >= 0.6 is 22.9 Å². The van der Waals surface area contributed by atoms with E-state index in [4.69, 9.17) is 16.3 Å². The number of amides is 1. The number of halogens is 4. The number of benzene rings is 1.